The van der Waals surface area contributed by atoms with Gasteiger partial charge in [-0.05, 0) is 36.1 Å². The van der Waals surface area contributed by atoms with Gasteiger partial charge in [0.25, 0.3) is 5.69 Å². The molecule has 1 heterocycles. The fraction of sp³-hybridized carbons (Fsp3) is 0.400. The number of rotatable bonds is 7. The van der Waals surface area contributed by atoms with Crippen LogP contribution < -0.4 is 5.32 Å². The van der Waals surface area contributed by atoms with Gasteiger partial charge in [0.1, 0.15) is 0 Å². The van der Waals surface area contributed by atoms with E-state index in [2.05, 4.69) is 38.6 Å². The summed E-state index contributed by atoms with van der Waals surface area (Å²) in [5, 5.41) is 15.1. The zero-order chi connectivity index (χ0) is 27.4. The van der Waals surface area contributed by atoms with Crippen molar-refractivity contribution in [1.29, 1.82) is 0 Å². The van der Waals surface area contributed by atoms with Crippen molar-refractivity contribution in [3.05, 3.63) is 81.4 Å². The van der Waals surface area contributed by atoms with Crippen LogP contribution in [0.15, 0.2) is 54.6 Å². The van der Waals surface area contributed by atoms with Crippen LogP contribution in [0.25, 0.3) is 0 Å². The number of esters is 1. The predicted octanol–water partition coefficient (Wildman–Crippen LogP) is 5.97. The van der Waals surface area contributed by atoms with E-state index >= 15 is 0 Å². The van der Waals surface area contributed by atoms with Crippen molar-refractivity contribution >= 4 is 24.6 Å². The molecule has 2 aliphatic rings. The third-order valence-electron chi connectivity index (χ3n) is 6.28. The van der Waals surface area contributed by atoms with Crippen LogP contribution in [-0.2, 0) is 4.74 Å². The van der Waals surface area contributed by atoms with Gasteiger partial charge >= 0.3 is 13.2 Å². The van der Waals surface area contributed by atoms with Crippen LogP contribution in [0, 0.1) is 16.0 Å². The SMILES string of the molecule is C[N+](C)(C)CCCOC(=O)c1ccc(C2Nc3cccc([N+](=O)[O-])c3C3C=CCC32)cc1.F[B-](F)(F)F. The molecule has 3 atom stereocenters. The Morgan fingerprint density at radius 3 is 2.38 bits per heavy atom. The number of quaternary nitrogens is 1. The molecule has 12 heteroatoms. The van der Waals surface area contributed by atoms with Crippen molar-refractivity contribution in [3.8, 4) is 0 Å². The fourth-order valence-corrected chi connectivity index (χ4v) is 4.73. The topological polar surface area (TPSA) is 81.5 Å². The van der Waals surface area contributed by atoms with Crippen LogP contribution in [-0.4, -0.2) is 56.9 Å². The Labute approximate surface area is 213 Å². The van der Waals surface area contributed by atoms with E-state index in [0.29, 0.717) is 12.2 Å². The molecular formula is C25H30BF4N3O4. The fourth-order valence-electron chi connectivity index (χ4n) is 4.73. The Balaban J connectivity index is 0.000000695. The van der Waals surface area contributed by atoms with Crippen molar-refractivity contribution in [1.82, 2.24) is 0 Å². The van der Waals surface area contributed by atoms with E-state index in [9.17, 15) is 32.2 Å². The number of fused-ring (bicyclic) bond motifs is 3. The van der Waals surface area contributed by atoms with Gasteiger partial charge in [-0.25, -0.2) is 4.79 Å². The highest BCUT2D eigenvalue weighted by Crippen LogP contribution is 2.52. The number of carbonyl (C=O) groups excluding carboxylic acids is 1. The normalized spacial score (nSPS) is 20.1. The summed E-state index contributed by atoms with van der Waals surface area (Å²) in [6.07, 6.45) is 5.87. The van der Waals surface area contributed by atoms with E-state index in [-0.39, 0.29) is 34.5 Å². The van der Waals surface area contributed by atoms with Gasteiger partial charge in [0, 0.05) is 24.1 Å². The van der Waals surface area contributed by atoms with Crippen molar-refractivity contribution in [3.63, 3.8) is 0 Å². The van der Waals surface area contributed by atoms with E-state index in [0.717, 1.165) is 40.7 Å². The van der Waals surface area contributed by atoms with E-state index in [1.54, 1.807) is 24.3 Å². The molecule has 0 saturated heterocycles. The van der Waals surface area contributed by atoms with Crippen molar-refractivity contribution in [2.75, 3.05) is 39.6 Å². The van der Waals surface area contributed by atoms with E-state index in [1.165, 1.54) is 0 Å². The van der Waals surface area contributed by atoms with Crippen molar-refractivity contribution in [2.24, 2.45) is 5.92 Å². The second-order valence-corrected chi connectivity index (χ2v) is 10.1. The third kappa shape index (κ3) is 7.79. The van der Waals surface area contributed by atoms with Crippen molar-refractivity contribution in [2.45, 2.75) is 24.8 Å². The highest BCUT2D eigenvalue weighted by Gasteiger charge is 2.41. The summed E-state index contributed by atoms with van der Waals surface area (Å²) in [5.41, 5.74) is 3.33. The molecule has 200 valence electrons. The third-order valence-corrected chi connectivity index (χ3v) is 6.28. The van der Waals surface area contributed by atoms with Gasteiger partial charge < -0.3 is 31.8 Å². The highest BCUT2D eigenvalue weighted by molar-refractivity contribution is 6.50. The summed E-state index contributed by atoms with van der Waals surface area (Å²) in [6.45, 7) is 1.35. The standard InChI is InChI=1S/C25H30N3O4.BF4/c1-28(2,3)15-6-16-32-25(29)18-13-11-17(12-14-18)24-20-8-4-7-19(20)23-21(26-24)9-5-10-22(23)27(30)31;2-1(3,4)5/h4-5,7,9-14,19-20,24,26H,6,8,15-16H2,1-3H3;/q+1;-1. The first-order chi connectivity index (χ1) is 17.2. The lowest BCUT2D eigenvalue weighted by molar-refractivity contribution is -0.870. The zero-order valence-corrected chi connectivity index (χ0v) is 20.9. The number of nitrogens with one attached hydrogen (secondary N) is 1. The first-order valence-electron chi connectivity index (χ1n) is 11.9. The van der Waals surface area contributed by atoms with Crippen LogP contribution in [0.5, 0.6) is 0 Å². The lowest BCUT2D eigenvalue weighted by atomic mass is 9.76. The molecule has 37 heavy (non-hydrogen) atoms. The average molecular weight is 523 g/mol. The summed E-state index contributed by atoms with van der Waals surface area (Å²) in [7, 11) is 0.336. The lowest BCUT2D eigenvalue weighted by Crippen LogP contribution is -2.35. The zero-order valence-electron chi connectivity index (χ0n) is 20.9. The Bertz CT molecular complexity index is 1140. The Hall–Kier alpha value is -3.41. The van der Waals surface area contributed by atoms with E-state index in [4.69, 9.17) is 4.74 Å². The monoisotopic (exact) mass is 523 g/mol. The van der Waals surface area contributed by atoms with E-state index in [1.807, 2.05) is 18.2 Å². The first kappa shape index (κ1) is 28.2. The molecule has 0 fully saturated rings. The Morgan fingerprint density at radius 1 is 1.14 bits per heavy atom. The maximum Gasteiger partial charge on any atom is 0.673 e. The molecule has 0 saturated carbocycles. The molecule has 0 radical (unpaired) electrons. The molecule has 3 unspecified atom stereocenters. The summed E-state index contributed by atoms with van der Waals surface area (Å²) in [4.78, 5) is 23.7. The predicted molar refractivity (Wildman–Crippen MR) is 134 cm³/mol. The molecule has 4 rings (SSSR count). The molecular weight excluding hydrogens is 493 g/mol. The number of hydrogen-bond acceptors (Lipinski definition) is 5. The second kappa shape index (κ2) is 11.3. The number of anilines is 1. The smallest absolute Gasteiger partial charge is 0.462 e. The van der Waals surface area contributed by atoms with Gasteiger partial charge in [-0.15, -0.1) is 0 Å². The molecule has 1 aliphatic heterocycles. The number of nitro groups is 1. The van der Waals surface area contributed by atoms with E-state index < -0.39 is 7.25 Å². The van der Waals surface area contributed by atoms with Gasteiger partial charge in [0.05, 0.1) is 56.4 Å². The Morgan fingerprint density at radius 2 is 1.78 bits per heavy atom. The minimum Gasteiger partial charge on any atom is -0.462 e. The van der Waals surface area contributed by atoms with Crippen molar-refractivity contribution < 1.29 is 36.2 Å². The number of nitrogens with zero attached hydrogens (tertiary/aromatic N) is 2. The molecule has 2 aromatic carbocycles. The highest BCUT2D eigenvalue weighted by atomic mass is 19.5. The number of allylic oxidation sites excluding steroid dienone is 2. The largest absolute Gasteiger partial charge is 0.673 e. The molecule has 0 spiro atoms. The molecule has 0 aromatic heterocycles. The van der Waals surface area contributed by atoms with Crippen LogP contribution in [0.3, 0.4) is 0 Å². The molecule has 1 aliphatic carbocycles. The van der Waals surface area contributed by atoms with Gasteiger partial charge in [-0.3, -0.25) is 10.1 Å². The van der Waals surface area contributed by atoms with Gasteiger partial charge in [0.2, 0.25) is 0 Å². The first-order valence-corrected chi connectivity index (χ1v) is 11.9. The number of halogens is 4. The molecule has 2 aromatic rings. The average Bonchev–Trinajstić information content (AvgIpc) is 3.29. The summed E-state index contributed by atoms with van der Waals surface area (Å²) in [5.74, 6) is -0.114. The molecule has 7 nitrogen and oxygen atoms in total. The Kier molecular flexibility index (Phi) is 8.62. The van der Waals surface area contributed by atoms with Crippen LogP contribution in [0.1, 0.15) is 46.3 Å². The van der Waals surface area contributed by atoms with Crippen LogP contribution in [0.2, 0.25) is 0 Å². The molecule has 0 amide bonds. The van der Waals surface area contributed by atoms with Crippen LogP contribution >= 0.6 is 0 Å². The number of nitro benzene ring substituents is 1. The number of benzene rings is 2. The number of carbonyl (C=O) groups is 1. The van der Waals surface area contributed by atoms with Crippen LogP contribution in [0.4, 0.5) is 28.6 Å². The summed E-state index contributed by atoms with van der Waals surface area (Å²) in [6, 6.07) is 12.7. The lowest BCUT2D eigenvalue weighted by Gasteiger charge is -2.37. The van der Waals surface area contributed by atoms with Gasteiger partial charge in [-0.2, -0.15) is 0 Å². The maximum absolute atomic E-state index is 12.4. The van der Waals surface area contributed by atoms with Gasteiger partial charge in [0.15, 0.2) is 0 Å². The number of hydrogen-bond donors (Lipinski definition) is 1. The minimum absolute atomic E-state index is 0.00344. The summed E-state index contributed by atoms with van der Waals surface area (Å²) < 4.78 is 45.3. The van der Waals surface area contributed by atoms with Gasteiger partial charge in [-0.1, -0.05) is 30.4 Å². The summed E-state index contributed by atoms with van der Waals surface area (Å²) >= 11 is 0. The minimum atomic E-state index is -6.00. The molecule has 0 bridgehead atoms. The second-order valence-electron chi connectivity index (χ2n) is 10.1. The quantitative estimate of drug-likeness (QED) is 0.0707. The number of ether oxygens (including phenoxy) is 1. The maximum atomic E-state index is 12.4. The molecule has 1 N–H and O–H groups in total.